The number of imidazole rings is 1. The fourth-order valence-corrected chi connectivity index (χ4v) is 4.16. The zero-order valence-corrected chi connectivity index (χ0v) is 17.1. The normalized spacial score (nSPS) is 12.0. The van der Waals surface area contributed by atoms with Crippen molar-refractivity contribution in [1.29, 1.82) is 0 Å². The molecule has 8 heteroatoms. The lowest BCUT2D eigenvalue weighted by molar-refractivity contribution is 0.294. The van der Waals surface area contributed by atoms with Gasteiger partial charge in [-0.1, -0.05) is 42.4 Å². The van der Waals surface area contributed by atoms with Gasteiger partial charge in [0.05, 0.1) is 23.3 Å². The molecule has 0 saturated heterocycles. The van der Waals surface area contributed by atoms with Crippen molar-refractivity contribution in [2.75, 3.05) is 12.8 Å². The van der Waals surface area contributed by atoms with Crippen LogP contribution in [0.2, 0.25) is 0 Å². The molecule has 1 aromatic carbocycles. The maximum atomic E-state index is 12.5. The van der Waals surface area contributed by atoms with Crippen molar-refractivity contribution >= 4 is 9.84 Å². The average Bonchev–Trinajstić information content (AvgIpc) is 3.33. The first-order chi connectivity index (χ1) is 13.5. The van der Waals surface area contributed by atoms with Gasteiger partial charge in [-0.2, -0.15) is 0 Å². The summed E-state index contributed by atoms with van der Waals surface area (Å²) >= 11 is 0. The number of benzene rings is 1. The molecule has 0 N–H and O–H groups in total. The van der Waals surface area contributed by atoms with E-state index in [9.17, 15) is 8.42 Å². The molecule has 2 aromatic heterocycles. The summed E-state index contributed by atoms with van der Waals surface area (Å²) in [5.74, 6) is 0.0386. The molecule has 0 unspecified atom stereocenters. The summed E-state index contributed by atoms with van der Waals surface area (Å²) in [6, 6.07) is 12.0. The van der Waals surface area contributed by atoms with Crippen molar-refractivity contribution in [3.8, 4) is 0 Å². The molecule has 0 fully saturated rings. The Kier molecular flexibility index (Phi) is 6.64. The predicted octanol–water partition coefficient (Wildman–Crippen LogP) is 2.93. The maximum absolute atomic E-state index is 12.5. The Morgan fingerprint density at radius 2 is 1.93 bits per heavy atom. The van der Waals surface area contributed by atoms with Crippen LogP contribution in [-0.2, 0) is 35.9 Å². The van der Waals surface area contributed by atoms with Gasteiger partial charge in [0, 0.05) is 25.7 Å². The molecule has 0 aliphatic rings. The lowest BCUT2D eigenvalue weighted by Gasteiger charge is -2.17. The summed E-state index contributed by atoms with van der Waals surface area (Å²) in [6.07, 6.45) is 4.94. The van der Waals surface area contributed by atoms with Crippen LogP contribution >= 0.6 is 0 Å². The summed E-state index contributed by atoms with van der Waals surface area (Å²) < 4.78 is 31.7. The summed E-state index contributed by atoms with van der Waals surface area (Å²) in [7, 11) is -1.42. The lowest BCUT2D eigenvalue weighted by Crippen LogP contribution is -2.21. The minimum atomic E-state index is -3.38. The van der Waals surface area contributed by atoms with E-state index in [1.54, 1.807) is 19.4 Å². The van der Waals surface area contributed by atoms with E-state index >= 15 is 0 Å². The molecule has 0 aliphatic heterocycles. The van der Waals surface area contributed by atoms with Crippen molar-refractivity contribution in [2.45, 2.75) is 44.6 Å². The van der Waals surface area contributed by atoms with Gasteiger partial charge in [0.15, 0.2) is 0 Å². The second-order valence-electron chi connectivity index (χ2n) is 6.84. The molecule has 7 nitrogen and oxygen atoms in total. The van der Waals surface area contributed by atoms with Crippen LogP contribution in [0.3, 0.4) is 0 Å². The molecule has 0 spiro atoms. The number of aromatic nitrogens is 3. The molecule has 150 valence electrons. The highest BCUT2D eigenvalue weighted by Gasteiger charge is 2.22. The number of aryl methyl sites for hydroxylation is 1. The molecule has 0 atom stereocenters. The van der Waals surface area contributed by atoms with Crippen LogP contribution in [0.25, 0.3) is 0 Å². The van der Waals surface area contributed by atoms with Crippen LogP contribution in [0, 0.1) is 0 Å². The largest absolute Gasteiger partial charge is 0.364 e. The van der Waals surface area contributed by atoms with Crippen LogP contribution in [0.5, 0.6) is 0 Å². The molecule has 3 rings (SSSR count). The molecule has 28 heavy (non-hydrogen) atoms. The van der Waals surface area contributed by atoms with Gasteiger partial charge in [-0.25, -0.2) is 13.4 Å². The van der Waals surface area contributed by atoms with E-state index in [-0.39, 0.29) is 10.9 Å². The third kappa shape index (κ3) is 5.08. The minimum Gasteiger partial charge on any atom is -0.364 e. The van der Waals surface area contributed by atoms with Crippen molar-refractivity contribution < 1.29 is 12.9 Å². The fraction of sp³-hybridized carbons (Fsp3) is 0.400. The highest BCUT2D eigenvalue weighted by atomic mass is 32.2. The SMILES string of the molecule is CCS(=O)(=O)c1ncc(CN(C)Cc2ccon2)n1CCCc1ccccc1. The first-order valence-electron chi connectivity index (χ1n) is 9.38. The van der Waals surface area contributed by atoms with Gasteiger partial charge < -0.3 is 9.09 Å². The predicted molar refractivity (Wildman–Crippen MR) is 106 cm³/mol. The van der Waals surface area contributed by atoms with Crippen LogP contribution in [-0.4, -0.2) is 40.8 Å². The second-order valence-corrected chi connectivity index (χ2v) is 9.01. The van der Waals surface area contributed by atoms with E-state index in [0.29, 0.717) is 19.6 Å². The number of hydrogen-bond donors (Lipinski definition) is 0. The summed E-state index contributed by atoms with van der Waals surface area (Å²) in [4.78, 5) is 6.31. The van der Waals surface area contributed by atoms with E-state index in [1.807, 2.05) is 35.9 Å². The quantitative estimate of drug-likeness (QED) is 0.519. The Hall–Kier alpha value is -2.45. The van der Waals surface area contributed by atoms with Gasteiger partial charge >= 0.3 is 0 Å². The van der Waals surface area contributed by atoms with Crippen LogP contribution < -0.4 is 0 Å². The number of rotatable bonds is 10. The van der Waals surface area contributed by atoms with Gasteiger partial charge in [-0.3, -0.25) is 4.90 Å². The van der Waals surface area contributed by atoms with E-state index in [4.69, 9.17) is 4.52 Å². The smallest absolute Gasteiger partial charge is 0.227 e. The van der Waals surface area contributed by atoms with E-state index < -0.39 is 9.84 Å². The summed E-state index contributed by atoms with van der Waals surface area (Å²) in [5.41, 5.74) is 2.96. The topological polar surface area (TPSA) is 81.2 Å². The fourth-order valence-electron chi connectivity index (χ4n) is 3.15. The average molecular weight is 403 g/mol. The van der Waals surface area contributed by atoms with Gasteiger partial charge in [-0.15, -0.1) is 0 Å². The van der Waals surface area contributed by atoms with E-state index in [1.165, 1.54) is 5.56 Å². The van der Waals surface area contributed by atoms with Crippen LogP contribution in [0.1, 0.15) is 30.3 Å². The van der Waals surface area contributed by atoms with Gasteiger partial charge in [0.25, 0.3) is 0 Å². The second kappa shape index (κ2) is 9.16. The summed E-state index contributed by atoms with van der Waals surface area (Å²) in [6.45, 7) is 3.44. The Morgan fingerprint density at radius 1 is 1.14 bits per heavy atom. The molecular formula is C20H26N4O3S. The third-order valence-corrected chi connectivity index (χ3v) is 6.25. The van der Waals surface area contributed by atoms with E-state index in [2.05, 4.69) is 27.2 Å². The highest BCUT2D eigenvalue weighted by Crippen LogP contribution is 2.17. The maximum Gasteiger partial charge on any atom is 0.227 e. The number of sulfone groups is 1. The molecule has 0 bridgehead atoms. The van der Waals surface area contributed by atoms with Gasteiger partial charge in [0.2, 0.25) is 15.0 Å². The lowest BCUT2D eigenvalue weighted by atomic mass is 10.1. The Labute approximate surface area is 165 Å². The molecular weight excluding hydrogens is 376 g/mol. The van der Waals surface area contributed by atoms with Crippen LogP contribution in [0.4, 0.5) is 0 Å². The summed E-state index contributed by atoms with van der Waals surface area (Å²) in [5, 5.41) is 4.09. The van der Waals surface area contributed by atoms with E-state index in [0.717, 1.165) is 24.2 Å². The van der Waals surface area contributed by atoms with Crippen molar-refractivity contribution in [1.82, 2.24) is 19.6 Å². The third-order valence-electron chi connectivity index (χ3n) is 4.60. The molecule has 3 aromatic rings. The van der Waals surface area contributed by atoms with Crippen molar-refractivity contribution in [2.24, 2.45) is 0 Å². The number of hydrogen-bond acceptors (Lipinski definition) is 6. The molecule has 0 amide bonds. The molecule has 2 heterocycles. The Balaban J connectivity index is 1.75. The van der Waals surface area contributed by atoms with Crippen molar-refractivity contribution in [3.05, 3.63) is 65.8 Å². The van der Waals surface area contributed by atoms with Crippen LogP contribution in [0.15, 0.2) is 58.5 Å². The number of nitrogens with zero attached hydrogens (tertiary/aromatic N) is 4. The monoisotopic (exact) mass is 402 g/mol. The zero-order valence-electron chi connectivity index (χ0n) is 16.3. The van der Waals surface area contributed by atoms with Gasteiger partial charge in [-0.05, 0) is 25.5 Å². The first kappa shape index (κ1) is 20.3. The molecule has 0 saturated carbocycles. The Morgan fingerprint density at radius 3 is 2.61 bits per heavy atom. The van der Waals surface area contributed by atoms with Crippen molar-refractivity contribution in [3.63, 3.8) is 0 Å². The molecule has 0 aliphatic carbocycles. The Bertz CT molecular complexity index is 966. The molecule has 0 radical (unpaired) electrons. The first-order valence-corrected chi connectivity index (χ1v) is 11.0. The van der Waals surface area contributed by atoms with Gasteiger partial charge in [0.1, 0.15) is 6.26 Å². The standard InChI is InChI=1S/C20H26N4O3S/c1-3-28(25,26)20-21-14-19(16-23(2)15-18-11-13-27-22-18)24(20)12-7-10-17-8-5-4-6-9-17/h4-6,8-9,11,13-14H,3,7,10,12,15-16H2,1-2H3. The highest BCUT2D eigenvalue weighted by molar-refractivity contribution is 7.91. The zero-order chi connectivity index (χ0) is 20.0. The minimum absolute atomic E-state index is 0.0386.